The highest BCUT2D eigenvalue weighted by Gasteiger charge is 2.54. The first-order valence-corrected chi connectivity index (χ1v) is 9.89. The van der Waals surface area contributed by atoms with Crippen LogP contribution in [0.1, 0.15) is 30.4 Å². The summed E-state index contributed by atoms with van der Waals surface area (Å²) in [6, 6.07) is 6.18. The van der Waals surface area contributed by atoms with Crippen molar-refractivity contribution < 1.29 is 14.7 Å². The summed E-state index contributed by atoms with van der Waals surface area (Å²) in [4.78, 5) is 28.9. The van der Waals surface area contributed by atoms with Gasteiger partial charge >= 0.3 is 5.97 Å². The fourth-order valence-electron chi connectivity index (χ4n) is 4.58. The molecule has 1 aromatic carbocycles. The maximum absolute atomic E-state index is 12.8. The molecule has 26 heavy (non-hydrogen) atoms. The number of hydrogen-bond acceptors (Lipinski definition) is 4. The minimum absolute atomic E-state index is 0.149. The summed E-state index contributed by atoms with van der Waals surface area (Å²) in [6.07, 6.45) is 2.75. The van der Waals surface area contributed by atoms with Crippen LogP contribution >= 0.6 is 11.3 Å². The number of nitrogens with zero attached hydrogens (tertiary/aromatic N) is 1. The second-order valence-electron chi connectivity index (χ2n) is 7.55. The molecule has 4 rings (SSSR count). The van der Waals surface area contributed by atoms with E-state index in [1.807, 2.05) is 11.4 Å². The lowest BCUT2D eigenvalue weighted by Crippen LogP contribution is -2.37. The van der Waals surface area contributed by atoms with E-state index in [-0.39, 0.29) is 17.7 Å². The summed E-state index contributed by atoms with van der Waals surface area (Å²) in [5, 5.41) is 14.9. The van der Waals surface area contributed by atoms with Crippen molar-refractivity contribution in [1.82, 2.24) is 4.98 Å². The van der Waals surface area contributed by atoms with Gasteiger partial charge < -0.3 is 10.4 Å². The molecule has 2 aliphatic carbocycles. The summed E-state index contributed by atoms with van der Waals surface area (Å²) in [7, 11) is 0. The van der Waals surface area contributed by atoms with Gasteiger partial charge in [-0.1, -0.05) is 12.1 Å². The third-order valence-electron chi connectivity index (χ3n) is 6.04. The molecule has 0 spiro atoms. The van der Waals surface area contributed by atoms with Crippen molar-refractivity contribution in [2.75, 3.05) is 5.32 Å². The summed E-state index contributed by atoms with van der Waals surface area (Å²) in [6.45, 7) is 4.13. The van der Waals surface area contributed by atoms with Crippen LogP contribution in [-0.4, -0.2) is 22.0 Å². The number of amides is 1. The number of fused-ring (bicyclic) bond motifs is 2. The molecule has 2 aliphatic rings. The highest BCUT2D eigenvalue weighted by Crippen LogP contribution is 2.52. The zero-order valence-corrected chi connectivity index (χ0v) is 15.7. The first-order chi connectivity index (χ1) is 12.4. The van der Waals surface area contributed by atoms with Crippen molar-refractivity contribution in [3.05, 3.63) is 34.7 Å². The van der Waals surface area contributed by atoms with Crippen LogP contribution in [0.4, 0.5) is 5.13 Å². The topological polar surface area (TPSA) is 79.3 Å². The Balaban J connectivity index is 1.51. The fourth-order valence-corrected chi connectivity index (χ4v) is 5.30. The lowest BCUT2D eigenvalue weighted by Gasteiger charge is -2.26. The highest BCUT2D eigenvalue weighted by atomic mass is 32.1. The average Bonchev–Trinajstić information content (AvgIpc) is 3.32. The van der Waals surface area contributed by atoms with E-state index in [0.717, 1.165) is 30.5 Å². The van der Waals surface area contributed by atoms with Gasteiger partial charge in [-0.25, -0.2) is 4.98 Å². The van der Waals surface area contributed by atoms with E-state index >= 15 is 0 Å². The zero-order chi connectivity index (χ0) is 18.4. The molecule has 2 saturated carbocycles. The molecule has 1 aromatic heterocycles. The van der Waals surface area contributed by atoms with E-state index < -0.39 is 17.8 Å². The zero-order valence-electron chi connectivity index (χ0n) is 14.9. The van der Waals surface area contributed by atoms with Crippen LogP contribution in [0.15, 0.2) is 23.6 Å². The Labute approximate surface area is 156 Å². The SMILES string of the molecule is Cc1ccc(-c2csc(NC(=O)[C@@H]3[C@H]4CC[C@@H](C4)[C@H]3C(=O)O)n2)cc1C. The number of aryl methyl sites for hydroxylation is 2. The molecule has 2 fully saturated rings. The molecule has 4 atom stereocenters. The van der Waals surface area contributed by atoms with E-state index in [0.29, 0.717) is 5.13 Å². The number of aliphatic carboxylic acids is 1. The molecule has 2 N–H and O–H groups in total. The van der Waals surface area contributed by atoms with Gasteiger partial charge in [0.2, 0.25) is 5.91 Å². The normalized spacial score (nSPS) is 26.8. The number of rotatable bonds is 4. The van der Waals surface area contributed by atoms with Gasteiger partial charge in [0.05, 0.1) is 17.5 Å². The predicted molar refractivity (Wildman–Crippen MR) is 101 cm³/mol. The minimum atomic E-state index is -0.840. The standard InChI is InChI=1S/C20H22N2O3S/c1-10-3-4-12(7-11(10)2)15-9-26-20(21-15)22-18(23)16-13-5-6-14(8-13)17(16)19(24)25/h3-4,7,9,13-14,16-17H,5-6,8H2,1-2H3,(H,24,25)(H,21,22,23)/t13-,14-,16+,17+/m0/s1. The molecule has 136 valence electrons. The van der Waals surface area contributed by atoms with Crippen LogP contribution in [0.5, 0.6) is 0 Å². The number of thiazole rings is 1. The predicted octanol–water partition coefficient (Wildman–Crippen LogP) is 4.11. The molecule has 6 heteroatoms. The molecule has 0 saturated heterocycles. The molecule has 2 aromatic rings. The molecule has 2 bridgehead atoms. The van der Waals surface area contributed by atoms with Gasteiger partial charge in [0.1, 0.15) is 0 Å². The summed E-state index contributed by atoms with van der Waals surface area (Å²) < 4.78 is 0. The van der Waals surface area contributed by atoms with Gasteiger partial charge in [-0.3, -0.25) is 9.59 Å². The summed E-state index contributed by atoms with van der Waals surface area (Å²) >= 11 is 1.38. The number of carboxylic acids is 1. The molecular weight excluding hydrogens is 348 g/mol. The van der Waals surface area contributed by atoms with Gasteiger partial charge in [-0.2, -0.15) is 0 Å². The smallest absolute Gasteiger partial charge is 0.307 e. The maximum Gasteiger partial charge on any atom is 0.307 e. The number of hydrogen-bond donors (Lipinski definition) is 2. The Kier molecular flexibility index (Phi) is 4.31. The number of aromatic nitrogens is 1. The van der Waals surface area contributed by atoms with Gasteiger partial charge in [-0.05, 0) is 62.1 Å². The van der Waals surface area contributed by atoms with Crippen LogP contribution in [0.25, 0.3) is 11.3 Å². The second kappa shape index (κ2) is 6.50. The Bertz CT molecular complexity index is 876. The van der Waals surface area contributed by atoms with Crippen molar-refractivity contribution in [3.63, 3.8) is 0 Å². The Morgan fingerprint density at radius 2 is 1.88 bits per heavy atom. The van der Waals surface area contributed by atoms with E-state index in [2.05, 4.69) is 36.3 Å². The van der Waals surface area contributed by atoms with Crippen molar-refractivity contribution in [1.29, 1.82) is 0 Å². The maximum atomic E-state index is 12.8. The second-order valence-corrected chi connectivity index (χ2v) is 8.41. The Hall–Kier alpha value is -2.21. The van der Waals surface area contributed by atoms with E-state index in [1.54, 1.807) is 0 Å². The molecule has 1 heterocycles. The van der Waals surface area contributed by atoms with Crippen molar-refractivity contribution in [3.8, 4) is 11.3 Å². The largest absolute Gasteiger partial charge is 0.481 e. The van der Waals surface area contributed by atoms with Crippen molar-refractivity contribution in [2.24, 2.45) is 23.7 Å². The van der Waals surface area contributed by atoms with Crippen LogP contribution in [0.3, 0.4) is 0 Å². The first kappa shape index (κ1) is 17.2. The van der Waals surface area contributed by atoms with Gasteiger partial charge in [0.25, 0.3) is 0 Å². The lowest BCUT2D eigenvalue weighted by molar-refractivity contribution is -0.148. The molecule has 0 radical (unpaired) electrons. The van der Waals surface area contributed by atoms with Gasteiger partial charge in [-0.15, -0.1) is 11.3 Å². The quantitative estimate of drug-likeness (QED) is 0.849. The third-order valence-corrected chi connectivity index (χ3v) is 6.80. The number of nitrogens with one attached hydrogen (secondary N) is 1. The molecule has 0 unspecified atom stereocenters. The number of anilines is 1. The lowest BCUT2D eigenvalue weighted by atomic mass is 9.79. The van der Waals surface area contributed by atoms with Gasteiger partial charge in [0, 0.05) is 10.9 Å². The van der Waals surface area contributed by atoms with Crippen LogP contribution < -0.4 is 5.32 Å². The fraction of sp³-hybridized carbons (Fsp3) is 0.450. The van der Waals surface area contributed by atoms with E-state index in [4.69, 9.17) is 0 Å². The molecular formula is C20H22N2O3S. The minimum Gasteiger partial charge on any atom is -0.481 e. The number of benzene rings is 1. The average molecular weight is 370 g/mol. The highest BCUT2D eigenvalue weighted by molar-refractivity contribution is 7.14. The molecule has 5 nitrogen and oxygen atoms in total. The Morgan fingerprint density at radius 1 is 1.15 bits per heavy atom. The third kappa shape index (κ3) is 2.92. The van der Waals surface area contributed by atoms with Crippen molar-refractivity contribution >= 4 is 28.3 Å². The summed E-state index contributed by atoms with van der Waals surface area (Å²) in [5.74, 6) is -1.66. The number of carboxylic acid groups (broad SMARTS) is 1. The van der Waals surface area contributed by atoms with Crippen LogP contribution in [0.2, 0.25) is 0 Å². The van der Waals surface area contributed by atoms with Crippen LogP contribution in [0, 0.1) is 37.5 Å². The number of carbonyl (C=O) groups is 2. The molecule has 1 amide bonds. The van der Waals surface area contributed by atoms with E-state index in [9.17, 15) is 14.7 Å². The van der Waals surface area contributed by atoms with Crippen molar-refractivity contribution in [2.45, 2.75) is 33.1 Å². The Morgan fingerprint density at radius 3 is 2.58 bits per heavy atom. The van der Waals surface area contributed by atoms with Gasteiger partial charge in [0.15, 0.2) is 5.13 Å². The van der Waals surface area contributed by atoms with Crippen LogP contribution in [-0.2, 0) is 9.59 Å². The van der Waals surface area contributed by atoms with E-state index in [1.165, 1.54) is 22.5 Å². The first-order valence-electron chi connectivity index (χ1n) is 9.01. The molecule has 0 aliphatic heterocycles. The summed E-state index contributed by atoms with van der Waals surface area (Å²) in [5.41, 5.74) is 4.28. The number of carbonyl (C=O) groups excluding carboxylic acids is 1. The monoisotopic (exact) mass is 370 g/mol.